The van der Waals surface area contributed by atoms with E-state index >= 15 is 0 Å². The van der Waals surface area contributed by atoms with E-state index < -0.39 is 0 Å². The standard InChI is InChI=1S/C29H27ClFN5O3S/c1-4-23(37)34-10-11-35(16(2)13-34)28-20-12-21(30)24(19-7-8-22(31)18-6-5-9-32-25(18)19)27-26(20)36(29(38)33-28)17(14-39-3)15-40-27/h4-9,12,16-17H,1,10-11,13-15H2,2-3H3/t16-,17-/m0/s1. The van der Waals surface area contributed by atoms with Gasteiger partial charge in [0.05, 0.1) is 28.7 Å². The van der Waals surface area contributed by atoms with E-state index in [9.17, 15) is 14.0 Å². The predicted octanol–water partition coefficient (Wildman–Crippen LogP) is 4.92. The van der Waals surface area contributed by atoms with E-state index in [1.807, 2.05) is 13.0 Å². The molecule has 1 fully saturated rings. The smallest absolute Gasteiger partial charge is 0.350 e. The van der Waals surface area contributed by atoms with E-state index in [-0.39, 0.29) is 29.5 Å². The number of halogens is 2. The maximum atomic E-state index is 14.7. The van der Waals surface area contributed by atoms with Crippen molar-refractivity contribution in [1.29, 1.82) is 0 Å². The van der Waals surface area contributed by atoms with Gasteiger partial charge in [0, 0.05) is 71.5 Å². The molecule has 2 aromatic heterocycles. The lowest BCUT2D eigenvalue weighted by Gasteiger charge is -2.41. The minimum Gasteiger partial charge on any atom is -0.383 e. The van der Waals surface area contributed by atoms with Crippen LogP contribution in [0, 0.1) is 5.82 Å². The zero-order valence-electron chi connectivity index (χ0n) is 22.1. The molecule has 0 bridgehead atoms. The first-order valence-corrected chi connectivity index (χ1v) is 14.3. The van der Waals surface area contributed by atoms with Gasteiger partial charge in [0.15, 0.2) is 0 Å². The van der Waals surface area contributed by atoms with Crippen molar-refractivity contribution in [2.45, 2.75) is 23.9 Å². The van der Waals surface area contributed by atoms with Crippen LogP contribution in [0.3, 0.4) is 0 Å². The SMILES string of the molecule is C=CC(=O)N1CCN(c2nc(=O)n3c4c(c(-c5ccc(F)c6cccnc56)c(Cl)cc24)SC[C@@H]3COC)[C@@H](C)C1. The number of rotatable bonds is 5. The molecule has 0 radical (unpaired) electrons. The van der Waals surface area contributed by atoms with Gasteiger partial charge < -0.3 is 14.5 Å². The molecule has 4 aromatic rings. The quantitative estimate of drug-likeness (QED) is 0.310. The summed E-state index contributed by atoms with van der Waals surface area (Å²) in [5.41, 5.74) is 2.24. The number of nitrogens with zero attached hydrogens (tertiary/aromatic N) is 5. The van der Waals surface area contributed by atoms with E-state index in [4.69, 9.17) is 16.3 Å². The molecule has 6 rings (SSSR count). The van der Waals surface area contributed by atoms with Crippen LogP contribution in [0.15, 0.2) is 58.9 Å². The van der Waals surface area contributed by atoms with E-state index in [2.05, 4.69) is 21.4 Å². The van der Waals surface area contributed by atoms with E-state index in [1.165, 1.54) is 12.1 Å². The lowest BCUT2D eigenvalue weighted by atomic mass is 9.99. The van der Waals surface area contributed by atoms with Crippen LogP contribution < -0.4 is 10.6 Å². The van der Waals surface area contributed by atoms with Gasteiger partial charge in [0.1, 0.15) is 11.6 Å². The summed E-state index contributed by atoms with van der Waals surface area (Å²) in [7, 11) is 1.61. The van der Waals surface area contributed by atoms with Crippen molar-refractivity contribution < 1.29 is 13.9 Å². The van der Waals surface area contributed by atoms with Gasteiger partial charge in [-0.05, 0) is 43.3 Å². The molecule has 2 aliphatic heterocycles. The van der Waals surface area contributed by atoms with Crippen LogP contribution in [0.4, 0.5) is 10.2 Å². The molecular weight excluding hydrogens is 553 g/mol. The number of fused-ring (bicyclic) bond motifs is 1. The Bertz CT molecular complexity index is 1750. The summed E-state index contributed by atoms with van der Waals surface area (Å²) in [4.78, 5) is 39.6. The predicted molar refractivity (Wildman–Crippen MR) is 157 cm³/mol. The third-order valence-corrected chi connectivity index (χ3v) is 9.15. The topological polar surface area (TPSA) is 80.6 Å². The van der Waals surface area contributed by atoms with Crippen LogP contribution in [-0.4, -0.2) is 70.5 Å². The van der Waals surface area contributed by atoms with Gasteiger partial charge >= 0.3 is 5.69 Å². The molecule has 1 amide bonds. The summed E-state index contributed by atoms with van der Waals surface area (Å²) in [5, 5.41) is 1.60. The highest BCUT2D eigenvalue weighted by molar-refractivity contribution is 7.99. The Morgan fingerprint density at radius 1 is 1.30 bits per heavy atom. The summed E-state index contributed by atoms with van der Waals surface area (Å²) in [6.07, 6.45) is 2.95. The fourth-order valence-electron chi connectivity index (χ4n) is 5.79. The van der Waals surface area contributed by atoms with Crippen LogP contribution >= 0.6 is 23.4 Å². The van der Waals surface area contributed by atoms with Crippen LogP contribution in [0.1, 0.15) is 13.0 Å². The Kier molecular flexibility index (Phi) is 7.02. The highest BCUT2D eigenvalue weighted by Crippen LogP contribution is 2.48. The third-order valence-electron chi connectivity index (χ3n) is 7.61. The maximum absolute atomic E-state index is 14.7. The number of hydrogen-bond acceptors (Lipinski definition) is 7. The van der Waals surface area contributed by atoms with Crippen molar-refractivity contribution in [3.8, 4) is 11.1 Å². The van der Waals surface area contributed by atoms with Crippen LogP contribution in [0.5, 0.6) is 0 Å². The Hall–Kier alpha value is -3.47. The van der Waals surface area contributed by atoms with Crippen molar-refractivity contribution in [2.75, 3.05) is 44.0 Å². The molecule has 2 aliphatic rings. The second-order valence-electron chi connectivity index (χ2n) is 9.99. The number of hydrogen-bond donors (Lipinski definition) is 0. The molecule has 0 aliphatic carbocycles. The summed E-state index contributed by atoms with van der Waals surface area (Å²) in [6, 6.07) is 8.03. The fourth-order valence-corrected chi connectivity index (χ4v) is 7.46. The molecule has 40 heavy (non-hydrogen) atoms. The van der Waals surface area contributed by atoms with E-state index in [0.717, 1.165) is 15.8 Å². The number of carbonyl (C=O) groups is 1. The molecule has 4 heterocycles. The molecule has 0 saturated carbocycles. The monoisotopic (exact) mass is 579 g/mol. The van der Waals surface area contributed by atoms with Crippen molar-refractivity contribution in [1.82, 2.24) is 19.4 Å². The molecule has 0 unspecified atom stereocenters. The highest BCUT2D eigenvalue weighted by atomic mass is 35.5. The largest absolute Gasteiger partial charge is 0.383 e. The zero-order chi connectivity index (χ0) is 28.1. The summed E-state index contributed by atoms with van der Waals surface area (Å²) in [6.45, 7) is 7.41. The van der Waals surface area contributed by atoms with Crippen molar-refractivity contribution in [2.24, 2.45) is 0 Å². The number of amides is 1. The number of benzene rings is 2. The first kappa shape index (κ1) is 26.7. The van der Waals surface area contributed by atoms with Gasteiger partial charge in [0.2, 0.25) is 5.91 Å². The Balaban J connectivity index is 1.61. The van der Waals surface area contributed by atoms with Crippen molar-refractivity contribution in [3.05, 3.63) is 70.5 Å². The molecule has 8 nitrogen and oxygen atoms in total. The summed E-state index contributed by atoms with van der Waals surface area (Å²) < 4.78 is 21.9. The molecule has 206 valence electrons. The molecule has 1 saturated heterocycles. The first-order valence-electron chi connectivity index (χ1n) is 13.0. The Morgan fingerprint density at radius 3 is 2.88 bits per heavy atom. The number of thioether (sulfide) groups is 1. The van der Waals surface area contributed by atoms with Gasteiger partial charge in [-0.15, -0.1) is 11.8 Å². The molecule has 0 spiro atoms. The van der Waals surface area contributed by atoms with Gasteiger partial charge in [-0.1, -0.05) is 18.2 Å². The number of aromatic nitrogens is 3. The minimum atomic E-state index is -0.377. The van der Waals surface area contributed by atoms with Gasteiger partial charge in [0.25, 0.3) is 0 Å². The van der Waals surface area contributed by atoms with Crippen molar-refractivity contribution >= 4 is 56.9 Å². The van der Waals surface area contributed by atoms with Crippen LogP contribution in [-0.2, 0) is 9.53 Å². The summed E-state index contributed by atoms with van der Waals surface area (Å²) in [5.74, 6) is 0.625. The summed E-state index contributed by atoms with van der Waals surface area (Å²) >= 11 is 8.64. The molecule has 0 N–H and O–H groups in total. The van der Waals surface area contributed by atoms with Gasteiger partial charge in [-0.3, -0.25) is 14.3 Å². The van der Waals surface area contributed by atoms with E-state index in [0.29, 0.717) is 64.9 Å². The average Bonchev–Trinajstić information content (AvgIpc) is 2.96. The zero-order valence-corrected chi connectivity index (χ0v) is 23.6. The van der Waals surface area contributed by atoms with E-state index in [1.54, 1.807) is 52.7 Å². The number of methoxy groups -OCH3 is 1. The second kappa shape index (κ2) is 10.5. The van der Waals surface area contributed by atoms with Crippen LogP contribution in [0.2, 0.25) is 5.02 Å². The lowest BCUT2D eigenvalue weighted by Crippen LogP contribution is -2.54. The molecule has 11 heteroatoms. The minimum absolute atomic E-state index is 0.0962. The average molecular weight is 580 g/mol. The number of carbonyl (C=O) groups excluding carboxylic acids is 1. The van der Waals surface area contributed by atoms with Crippen LogP contribution in [0.25, 0.3) is 32.9 Å². The number of piperazine rings is 1. The number of ether oxygens (including phenoxy) is 1. The number of anilines is 1. The first-order chi connectivity index (χ1) is 19.3. The maximum Gasteiger partial charge on any atom is 0.350 e. The normalized spacial score (nSPS) is 18.9. The molecule has 2 aromatic carbocycles. The van der Waals surface area contributed by atoms with Gasteiger partial charge in [-0.2, -0.15) is 4.98 Å². The fraction of sp³-hybridized carbons (Fsp3) is 0.310. The third kappa shape index (κ3) is 4.25. The Morgan fingerprint density at radius 2 is 2.12 bits per heavy atom. The lowest BCUT2D eigenvalue weighted by molar-refractivity contribution is -0.126. The molecular formula is C29H27ClFN5O3S. The highest BCUT2D eigenvalue weighted by Gasteiger charge is 2.33. The van der Waals surface area contributed by atoms with Gasteiger partial charge in [-0.25, -0.2) is 9.18 Å². The van der Waals surface area contributed by atoms with Crippen molar-refractivity contribution in [3.63, 3.8) is 0 Å². The number of pyridine rings is 1. The molecule has 2 atom stereocenters. The second-order valence-corrected chi connectivity index (χ2v) is 11.4. The Labute approximate surface area is 239 Å².